The molecule has 1 unspecified atom stereocenters. The summed E-state index contributed by atoms with van der Waals surface area (Å²) in [5.41, 5.74) is 1.29. The van der Waals surface area contributed by atoms with Crippen molar-refractivity contribution in [1.82, 2.24) is 0 Å². The fourth-order valence-corrected chi connectivity index (χ4v) is 1.44. The van der Waals surface area contributed by atoms with Crippen LogP contribution in [-0.4, -0.2) is 17.2 Å². The molecule has 0 bridgehead atoms. The Balaban J connectivity index is 2.92. The second-order valence-electron chi connectivity index (χ2n) is 3.83. The van der Waals surface area contributed by atoms with E-state index in [-0.39, 0.29) is 0 Å². The van der Waals surface area contributed by atoms with E-state index in [9.17, 15) is 4.79 Å². The second kappa shape index (κ2) is 5.90. The maximum atomic E-state index is 11.0. The Hall–Kier alpha value is -2.02. The second-order valence-corrected chi connectivity index (χ2v) is 3.83. The van der Waals surface area contributed by atoms with Gasteiger partial charge in [0.1, 0.15) is 5.75 Å². The van der Waals surface area contributed by atoms with Crippen LogP contribution in [0.4, 0.5) is 0 Å². The van der Waals surface area contributed by atoms with Crippen molar-refractivity contribution in [2.24, 2.45) is 0 Å². The maximum absolute atomic E-state index is 11.0. The molecule has 0 aromatic heterocycles. The van der Waals surface area contributed by atoms with Gasteiger partial charge in [0, 0.05) is 0 Å². The number of aryl methyl sites for hydroxylation is 1. The Morgan fingerprint density at radius 3 is 2.82 bits per heavy atom. The Labute approximate surface area is 100 Å². The van der Waals surface area contributed by atoms with Gasteiger partial charge in [0.2, 0.25) is 0 Å². The molecule has 0 aliphatic heterocycles. The van der Waals surface area contributed by atoms with Crippen molar-refractivity contribution in [3.8, 4) is 11.8 Å². The van der Waals surface area contributed by atoms with Crippen molar-refractivity contribution in [3.63, 3.8) is 0 Å². The molecule has 0 fully saturated rings. The molecular formula is C13H15NO3. The largest absolute Gasteiger partial charge is 0.479 e. The van der Waals surface area contributed by atoms with Crippen LogP contribution in [0.15, 0.2) is 18.2 Å². The number of carboxylic acids is 1. The van der Waals surface area contributed by atoms with E-state index in [2.05, 4.69) is 0 Å². The van der Waals surface area contributed by atoms with Gasteiger partial charge in [0.25, 0.3) is 0 Å². The van der Waals surface area contributed by atoms with E-state index in [1.165, 1.54) is 0 Å². The zero-order valence-corrected chi connectivity index (χ0v) is 9.93. The number of carbonyl (C=O) groups is 1. The number of ether oxygens (including phenoxy) is 1. The minimum Gasteiger partial charge on any atom is -0.479 e. The zero-order valence-electron chi connectivity index (χ0n) is 9.93. The molecule has 0 amide bonds. The van der Waals surface area contributed by atoms with Crippen molar-refractivity contribution in [1.29, 1.82) is 5.26 Å². The lowest BCUT2D eigenvalue weighted by Gasteiger charge is -2.16. The number of carboxylic acid groups (broad SMARTS) is 1. The van der Waals surface area contributed by atoms with E-state index in [0.29, 0.717) is 17.7 Å². The predicted octanol–water partition coefficient (Wildman–Crippen LogP) is 2.50. The lowest BCUT2D eigenvalue weighted by molar-refractivity contribution is -0.145. The third-order valence-corrected chi connectivity index (χ3v) is 2.41. The van der Waals surface area contributed by atoms with Gasteiger partial charge in [-0.15, -0.1) is 0 Å². The molecule has 0 radical (unpaired) electrons. The molecule has 1 aromatic carbocycles. The van der Waals surface area contributed by atoms with Crippen LogP contribution in [0.1, 0.15) is 30.9 Å². The van der Waals surface area contributed by atoms with Crippen molar-refractivity contribution >= 4 is 5.97 Å². The number of hydrogen-bond donors (Lipinski definition) is 1. The minimum atomic E-state index is -0.978. The molecule has 1 atom stereocenters. The summed E-state index contributed by atoms with van der Waals surface area (Å²) in [5, 5.41) is 17.8. The molecule has 90 valence electrons. The Morgan fingerprint density at radius 1 is 1.59 bits per heavy atom. The highest BCUT2D eigenvalue weighted by atomic mass is 16.5. The van der Waals surface area contributed by atoms with Gasteiger partial charge in [-0.1, -0.05) is 19.4 Å². The fourth-order valence-electron chi connectivity index (χ4n) is 1.44. The first-order valence-corrected chi connectivity index (χ1v) is 5.48. The number of benzene rings is 1. The summed E-state index contributed by atoms with van der Waals surface area (Å²) in [6.45, 7) is 3.72. The monoisotopic (exact) mass is 233 g/mol. The highest BCUT2D eigenvalue weighted by molar-refractivity contribution is 5.72. The lowest BCUT2D eigenvalue weighted by atomic mass is 10.1. The van der Waals surface area contributed by atoms with Crippen molar-refractivity contribution in [2.45, 2.75) is 32.8 Å². The number of nitriles is 1. The number of rotatable bonds is 5. The Bertz CT molecular complexity index is 448. The topological polar surface area (TPSA) is 70.3 Å². The fraction of sp³-hybridized carbons (Fsp3) is 0.385. The third kappa shape index (κ3) is 3.49. The number of hydrogen-bond acceptors (Lipinski definition) is 3. The van der Waals surface area contributed by atoms with Gasteiger partial charge in [-0.3, -0.25) is 0 Å². The Morgan fingerprint density at radius 2 is 2.29 bits per heavy atom. The first kappa shape index (κ1) is 13.0. The van der Waals surface area contributed by atoms with Crippen molar-refractivity contribution in [3.05, 3.63) is 29.3 Å². The van der Waals surface area contributed by atoms with Crippen LogP contribution in [0, 0.1) is 18.3 Å². The standard InChI is InChI=1S/C13H15NO3/c1-3-4-11(13(15)16)17-12-7-10(8-14)6-5-9(12)2/h5-7,11H,3-4H2,1-2H3,(H,15,16). The van der Waals surface area contributed by atoms with E-state index >= 15 is 0 Å². The first-order valence-electron chi connectivity index (χ1n) is 5.48. The summed E-state index contributed by atoms with van der Waals surface area (Å²) in [4.78, 5) is 11.0. The SMILES string of the molecule is CCCC(Oc1cc(C#N)ccc1C)C(=O)O. The average molecular weight is 233 g/mol. The lowest BCUT2D eigenvalue weighted by Crippen LogP contribution is -2.27. The van der Waals surface area contributed by atoms with Crippen LogP contribution in [0.2, 0.25) is 0 Å². The van der Waals surface area contributed by atoms with E-state index in [1.807, 2.05) is 19.9 Å². The van der Waals surface area contributed by atoms with Gasteiger partial charge >= 0.3 is 5.97 Å². The summed E-state index contributed by atoms with van der Waals surface area (Å²) < 4.78 is 5.44. The van der Waals surface area contributed by atoms with Crippen LogP contribution in [0.3, 0.4) is 0 Å². The van der Waals surface area contributed by atoms with E-state index < -0.39 is 12.1 Å². The summed E-state index contributed by atoms with van der Waals surface area (Å²) in [6.07, 6.45) is 0.326. The van der Waals surface area contributed by atoms with E-state index in [1.54, 1.807) is 18.2 Å². The number of aliphatic carboxylic acids is 1. The molecule has 0 saturated carbocycles. The van der Waals surface area contributed by atoms with Crippen molar-refractivity contribution in [2.75, 3.05) is 0 Å². The average Bonchev–Trinajstić information content (AvgIpc) is 2.31. The number of nitrogens with zero attached hydrogens (tertiary/aromatic N) is 1. The molecule has 1 rings (SSSR count). The molecular weight excluding hydrogens is 218 g/mol. The third-order valence-electron chi connectivity index (χ3n) is 2.41. The highest BCUT2D eigenvalue weighted by Gasteiger charge is 2.19. The molecule has 0 saturated heterocycles. The Kier molecular flexibility index (Phi) is 4.53. The summed E-state index contributed by atoms with van der Waals surface area (Å²) in [7, 11) is 0. The normalized spacial score (nSPS) is 11.6. The first-order chi connectivity index (χ1) is 8.08. The van der Waals surface area contributed by atoms with Gasteiger partial charge in [0.15, 0.2) is 6.10 Å². The molecule has 1 aromatic rings. The molecule has 0 spiro atoms. The zero-order chi connectivity index (χ0) is 12.8. The maximum Gasteiger partial charge on any atom is 0.344 e. The van der Waals surface area contributed by atoms with Crippen LogP contribution in [0.5, 0.6) is 5.75 Å². The van der Waals surface area contributed by atoms with Gasteiger partial charge in [-0.05, 0) is 31.0 Å². The van der Waals surface area contributed by atoms with Crippen LogP contribution >= 0.6 is 0 Å². The molecule has 17 heavy (non-hydrogen) atoms. The van der Waals surface area contributed by atoms with Crippen molar-refractivity contribution < 1.29 is 14.6 Å². The highest BCUT2D eigenvalue weighted by Crippen LogP contribution is 2.21. The molecule has 4 heteroatoms. The summed E-state index contributed by atoms with van der Waals surface area (Å²) in [6, 6.07) is 7.00. The summed E-state index contributed by atoms with van der Waals surface area (Å²) >= 11 is 0. The van der Waals surface area contributed by atoms with Crippen LogP contribution in [0.25, 0.3) is 0 Å². The van der Waals surface area contributed by atoms with Gasteiger partial charge in [-0.25, -0.2) is 4.79 Å². The summed E-state index contributed by atoms with van der Waals surface area (Å²) in [5.74, 6) is -0.515. The van der Waals surface area contributed by atoms with Gasteiger partial charge < -0.3 is 9.84 Å². The molecule has 4 nitrogen and oxygen atoms in total. The van der Waals surface area contributed by atoms with Crippen LogP contribution in [-0.2, 0) is 4.79 Å². The van der Waals surface area contributed by atoms with Gasteiger partial charge in [0.05, 0.1) is 11.6 Å². The van der Waals surface area contributed by atoms with E-state index in [0.717, 1.165) is 12.0 Å². The van der Waals surface area contributed by atoms with Crippen LogP contribution < -0.4 is 4.74 Å². The van der Waals surface area contributed by atoms with Gasteiger partial charge in [-0.2, -0.15) is 5.26 Å². The molecule has 0 aliphatic carbocycles. The minimum absolute atomic E-state index is 0.450. The van der Waals surface area contributed by atoms with E-state index in [4.69, 9.17) is 15.1 Å². The predicted molar refractivity (Wildman–Crippen MR) is 62.9 cm³/mol. The molecule has 0 aliphatic rings. The quantitative estimate of drug-likeness (QED) is 0.848. The molecule has 0 heterocycles. The smallest absolute Gasteiger partial charge is 0.344 e. The molecule has 1 N–H and O–H groups in total.